The van der Waals surface area contributed by atoms with Crippen molar-refractivity contribution in [3.05, 3.63) is 0 Å². The molecule has 1 fully saturated rings. The molecule has 0 spiro atoms. The van der Waals surface area contributed by atoms with Crippen molar-refractivity contribution >= 4 is 0 Å². The number of nitrogens with one attached hydrogen (secondary N) is 1. The van der Waals surface area contributed by atoms with E-state index >= 15 is 0 Å². The Balaban J connectivity index is 2.29. The zero-order chi connectivity index (χ0) is 14.5. The summed E-state index contributed by atoms with van der Waals surface area (Å²) in [6.45, 7) is 17.6. The van der Waals surface area contributed by atoms with Crippen molar-refractivity contribution in [1.82, 2.24) is 15.1 Å². The number of rotatable bonds is 7. The number of hydrogen-bond donors (Lipinski definition) is 1. The van der Waals surface area contributed by atoms with Crippen molar-refractivity contribution in [2.24, 2.45) is 5.92 Å². The normalized spacial score (nSPS) is 21.0. The van der Waals surface area contributed by atoms with Gasteiger partial charge in [0.05, 0.1) is 0 Å². The zero-order valence-electron chi connectivity index (χ0n) is 14.0. The van der Waals surface area contributed by atoms with Crippen LogP contribution in [0, 0.1) is 5.92 Å². The van der Waals surface area contributed by atoms with Crippen LogP contribution in [-0.2, 0) is 0 Å². The average Bonchev–Trinajstić information content (AvgIpc) is 2.34. The number of piperazine rings is 1. The fourth-order valence-electron chi connectivity index (χ4n) is 2.63. The first kappa shape index (κ1) is 16.9. The standard InChI is InChI=1S/C16H35N3/c1-14(2)7-8-15(3)17-13-16(4,5)19-11-9-18(6)10-12-19/h14-15,17H,7-13H2,1-6H3. The van der Waals surface area contributed by atoms with Crippen LogP contribution >= 0.6 is 0 Å². The van der Waals surface area contributed by atoms with E-state index in [0.29, 0.717) is 6.04 Å². The molecule has 0 amide bonds. The molecule has 0 aromatic carbocycles. The molecule has 1 saturated heterocycles. The first-order valence-electron chi connectivity index (χ1n) is 7.98. The lowest BCUT2D eigenvalue weighted by Gasteiger charge is -2.44. The van der Waals surface area contributed by atoms with E-state index in [-0.39, 0.29) is 5.54 Å². The van der Waals surface area contributed by atoms with Gasteiger partial charge in [-0.15, -0.1) is 0 Å². The molecular weight excluding hydrogens is 234 g/mol. The quantitative estimate of drug-likeness (QED) is 0.766. The summed E-state index contributed by atoms with van der Waals surface area (Å²) >= 11 is 0. The third-order valence-electron chi connectivity index (χ3n) is 4.42. The Morgan fingerprint density at radius 1 is 1.00 bits per heavy atom. The minimum absolute atomic E-state index is 0.271. The topological polar surface area (TPSA) is 18.5 Å². The van der Waals surface area contributed by atoms with Crippen LogP contribution in [0.15, 0.2) is 0 Å². The van der Waals surface area contributed by atoms with E-state index in [4.69, 9.17) is 0 Å². The second-order valence-corrected chi connectivity index (χ2v) is 7.36. The third kappa shape index (κ3) is 6.24. The van der Waals surface area contributed by atoms with Gasteiger partial charge in [-0.25, -0.2) is 0 Å². The molecule has 0 bridgehead atoms. The lowest BCUT2D eigenvalue weighted by Crippen LogP contribution is -2.58. The summed E-state index contributed by atoms with van der Waals surface area (Å²) in [5.74, 6) is 0.815. The van der Waals surface area contributed by atoms with Crippen molar-refractivity contribution < 1.29 is 0 Å². The second-order valence-electron chi connectivity index (χ2n) is 7.36. The Kier molecular flexibility index (Phi) is 6.78. The molecule has 0 saturated carbocycles. The number of likely N-dealkylation sites (N-methyl/N-ethyl adjacent to an activating group) is 1. The molecule has 0 aromatic heterocycles. The molecule has 3 heteroatoms. The van der Waals surface area contributed by atoms with Crippen LogP contribution in [0.4, 0.5) is 0 Å². The van der Waals surface area contributed by atoms with Crippen molar-refractivity contribution in [1.29, 1.82) is 0 Å². The van der Waals surface area contributed by atoms with Gasteiger partial charge in [-0.3, -0.25) is 4.90 Å². The van der Waals surface area contributed by atoms with Crippen LogP contribution < -0.4 is 5.32 Å². The number of nitrogens with zero attached hydrogens (tertiary/aromatic N) is 2. The van der Waals surface area contributed by atoms with Crippen molar-refractivity contribution in [2.45, 2.75) is 59.0 Å². The predicted octanol–water partition coefficient (Wildman–Crippen LogP) is 2.43. The summed E-state index contributed by atoms with van der Waals surface area (Å²) in [6.07, 6.45) is 2.61. The van der Waals surface area contributed by atoms with Crippen molar-refractivity contribution in [2.75, 3.05) is 39.8 Å². The number of hydrogen-bond acceptors (Lipinski definition) is 3. The third-order valence-corrected chi connectivity index (χ3v) is 4.42. The highest BCUT2D eigenvalue weighted by molar-refractivity contribution is 4.87. The summed E-state index contributed by atoms with van der Waals surface area (Å²) in [4.78, 5) is 5.06. The fourth-order valence-corrected chi connectivity index (χ4v) is 2.63. The monoisotopic (exact) mass is 269 g/mol. The Morgan fingerprint density at radius 2 is 1.58 bits per heavy atom. The summed E-state index contributed by atoms with van der Waals surface area (Å²) in [5.41, 5.74) is 0.271. The Labute approximate surface area is 120 Å². The van der Waals surface area contributed by atoms with Crippen molar-refractivity contribution in [3.8, 4) is 0 Å². The summed E-state index contributed by atoms with van der Waals surface area (Å²) in [5, 5.41) is 3.73. The van der Waals surface area contributed by atoms with Gasteiger partial charge >= 0.3 is 0 Å². The molecule has 1 N–H and O–H groups in total. The predicted molar refractivity (Wildman–Crippen MR) is 84.7 cm³/mol. The highest BCUT2D eigenvalue weighted by Crippen LogP contribution is 2.16. The molecule has 114 valence electrons. The van der Waals surface area contributed by atoms with E-state index in [1.54, 1.807) is 0 Å². The molecule has 3 nitrogen and oxygen atoms in total. The van der Waals surface area contributed by atoms with E-state index in [9.17, 15) is 0 Å². The van der Waals surface area contributed by atoms with Gasteiger partial charge in [0.1, 0.15) is 0 Å². The van der Waals surface area contributed by atoms with Crippen LogP contribution in [0.25, 0.3) is 0 Å². The van der Waals surface area contributed by atoms with Crippen LogP contribution in [0.2, 0.25) is 0 Å². The molecule has 1 aliphatic rings. The van der Waals surface area contributed by atoms with Gasteiger partial charge in [-0.2, -0.15) is 0 Å². The van der Waals surface area contributed by atoms with Gasteiger partial charge in [0.15, 0.2) is 0 Å². The first-order chi connectivity index (χ1) is 8.81. The van der Waals surface area contributed by atoms with E-state index in [2.05, 4.69) is 56.8 Å². The summed E-state index contributed by atoms with van der Waals surface area (Å²) in [6, 6.07) is 0.633. The molecular formula is C16H35N3. The van der Waals surface area contributed by atoms with Gasteiger partial charge < -0.3 is 10.2 Å². The van der Waals surface area contributed by atoms with Crippen LogP contribution in [0.1, 0.15) is 47.5 Å². The van der Waals surface area contributed by atoms with Gasteiger partial charge in [0.2, 0.25) is 0 Å². The molecule has 1 aliphatic heterocycles. The maximum Gasteiger partial charge on any atom is 0.0278 e. The van der Waals surface area contributed by atoms with E-state index in [1.165, 1.54) is 39.0 Å². The largest absolute Gasteiger partial charge is 0.312 e. The fraction of sp³-hybridized carbons (Fsp3) is 1.00. The zero-order valence-corrected chi connectivity index (χ0v) is 14.0. The molecule has 0 radical (unpaired) electrons. The Bertz CT molecular complexity index is 242. The van der Waals surface area contributed by atoms with Crippen molar-refractivity contribution in [3.63, 3.8) is 0 Å². The lowest BCUT2D eigenvalue weighted by molar-refractivity contribution is 0.0602. The van der Waals surface area contributed by atoms with Gasteiger partial charge in [0, 0.05) is 44.3 Å². The highest BCUT2D eigenvalue weighted by Gasteiger charge is 2.29. The van der Waals surface area contributed by atoms with Gasteiger partial charge in [-0.1, -0.05) is 13.8 Å². The maximum atomic E-state index is 3.73. The Hall–Kier alpha value is -0.120. The maximum absolute atomic E-state index is 3.73. The SMILES string of the molecule is CC(C)CCC(C)NCC(C)(C)N1CCN(C)CC1. The van der Waals surface area contributed by atoms with Crippen LogP contribution in [0.3, 0.4) is 0 Å². The highest BCUT2D eigenvalue weighted by atomic mass is 15.3. The average molecular weight is 269 g/mol. The van der Waals surface area contributed by atoms with E-state index < -0.39 is 0 Å². The van der Waals surface area contributed by atoms with E-state index in [0.717, 1.165) is 12.5 Å². The first-order valence-corrected chi connectivity index (χ1v) is 7.98. The molecule has 1 atom stereocenters. The van der Waals surface area contributed by atoms with Gasteiger partial charge in [-0.05, 0) is 46.6 Å². The second kappa shape index (κ2) is 7.61. The molecule has 1 heterocycles. The lowest BCUT2D eigenvalue weighted by atomic mass is 9.99. The van der Waals surface area contributed by atoms with Crippen LogP contribution in [0.5, 0.6) is 0 Å². The molecule has 1 rings (SSSR count). The Morgan fingerprint density at radius 3 is 2.11 bits per heavy atom. The molecule has 19 heavy (non-hydrogen) atoms. The molecule has 0 aromatic rings. The van der Waals surface area contributed by atoms with Gasteiger partial charge in [0.25, 0.3) is 0 Å². The molecule has 1 unspecified atom stereocenters. The smallest absolute Gasteiger partial charge is 0.0278 e. The minimum Gasteiger partial charge on any atom is -0.312 e. The summed E-state index contributed by atoms with van der Waals surface area (Å²) < 4.78 is 0. The van der Waals surface area contributed by atoms with E-state index in [1.807, 2.05) is 0 Å². The summed E-state index contributed by atoms with van der Waals surface area (Å²) in [7, 11) is 2.22. The molecule has 0 aliphatic carbocycles. The van der Waals surface area contributed by atoms with Crippen LogP contribution in [-0.4, -0.2) is 61.2 Å². The minimum atomic E-state index is 0.271.